The van der Waals surface area contributed by atoms with Gasteiger partial charge in [0.1, 0.15) is 11.5 Å². The number of oxazole rings is 1. The Balaban J connectivity index is 1.45. The van der Waals surface area contributed by atoms with Crippen molar-refractivity contribution in [3.05, 3.63) is 77.2 Å². The van der Waals surface area contributed by atoms with Gasteiger partial charge in [0.25, 0.3) is 0 Å². The first-order chi connectivity index (χ1) is 14.0. The number of nitrogens with one attached hydrogen (secondary N) is 1. The van der Waals surface area contributed by atoms with Gasteiger partial charge in [-0.1, -0.05) is 48.0 Å². The third kappa shape index (κ3) is 6.39. The fraction of sp³-hybridized carbons (Fsp3) is 0.304. The number of aromatic nitrogens is 1. The van der Waals surface area contributed by atoms with Crippen molar-refractivity contribution in [3.63, 3.8) is 0 Å². The highest BCUT2D eigenvalue weighted by Gasteiger charge is 2.16. The maximum Gasteiger partial charge on any atom is 0.232 e. The first-order valence-electron chi connectivity index (χ1n) is 9.70. The fourth-order valence-corrected chi connectivity index (χ4v) is 4.02. The summed E-state index contributed by atoms with van der Waals surface area (Å²) in [5.41, 5.74) is 3.92. The van der Waals surface area contributed by atoms with Crippen LogP contribution in [0.5, 0.6) is 0 Å². The highest BCUT2D eigenvalue weighted by molar-refractivity contribution is 7.84. The van der Waals surface area contributed by atoms with Gasteiger partial charge in [-0.2, -0.15) is 0 Å². The van der Waals surface area contributed by atoms with E-state index in [2.05, 4.69) is 22.4 Å². The molecule has 3 aromatic rings. The third-order valence-electron chi connectivity index (χ3n) is 4.59. The van der Waals surface area contributed by atoms with Gasteiger partial charge < -0.3 is 9.73 Å². The van der Waals surface area contributed by atoms with Crippen LogP contribution >= 0.6 is 0 Å². The lowest BCUT2D eigenvalue weighted by Crippen LogP contribution is -2.29. The molecular formula is C23H26N2O3S. The molecule has 152 valence electrons. The van der Waals surface area contributed by atoms with Crippen LogP contribution in [0.15, 0.2) is 59.0 Å². The van der Waals surface area contributed by atoms with Gasteiger partial charge in [0.05, 0.1) is 11.4 Å². The molecule has 0 radical (unpaired) electrons. The van der Waals surface area contributed by atoms with Crippen LogP contribution in [0.3, 0.4) is 0 Å². The monoisotopic (exact) mass is 410 g/mol. The van der Waals surface area contributed by atoms with Gasteiger partial charge >= 0.3 is 0 Å². The van der Waals surface area contributed by atoms with E-state index in [-0.39, 0.29) is 17.4 Å². The smallest absolute Gasteiger partial charge is 0.232 e. The van der Waals surface area contributed by atoms with Gasteiger partial charge in [-0.3, -0.25) is 9.00 Å². The lowest BCUT2D eigenvalue weighted by molar-refractivity contribution is -0.118. The summed E-state index contributed by atoms with van der Waals surface area (Å²) in [4.78, 5) is 16.5. The minimum atomic E-state index is -1.33. The van der Waals surface area contributed by atoms with Gasteiger partial charge in [0, 0.05) is 22.9 Å². The molecule has 1 aromatic heterocycles. The average molecular weight is 411 g/mol. The number of nitrogens with zero attached hydrogens (tertiary/aromatic N) is 1. The quantitative estimate of drug-likeness (QED) is 0.542. The van der Waals surface area contributed by atoms with E-state index in [9.17, 15) is 9.00 Å². The van der Waals surface area contributed by atoms with Crippen LogP contribution in [-0.2, 0) is 27.8 Å². The SMILES string of the molecule is Cc1ccc(-c2nc(C[S@](=O)CC(=O)NCCCc3ccccc3)c(C)o2)cc1. The predicted octanol–water partition coefficient (Wildman–Crippen LogP) is 3.96. The Morgan fingerprint density at radius 1 is 1.07 bits per heavy atom. The summed E-state index contributed by atoms with van der Waals surface area (Å²) in [6.07, 6.45) is 1.76. The maximum absolute atomic E-state index is 12.4. The largest absolute Gasteiger partial charge is 0.441 e. The van der Waals surface area contributed by atoms with Crippen LogP contribution in [0.4, 0.5) is 0 Å². The molecule has 0 fully saturated rings. The Bertz CT molecular complexity index is 966. The number of carbonyl (C=O) groups is 1. The number of rotatable bonds is 9. The molecule has 0 aliphatic carbocycles. The molecule has 3 rings (SSSR count). The molecule has 1 heterocycles. The Morgan fingerprint density at radius 3 is 2.52 bits per heavy atom. The highest BCUT2D eigenvalue weighted by atomic mass is 32.2. The minimum Gasteiger partial charge on any atom is -0.441 e. The molecule has 0 spiro atoms. The number of hydrogen-bond acceptors (Lipinski definition) is 4. The van der Waals surface area contributed by atoms with E-state index >= 15 is 0 Å². The standard InChI is InChI=1S/C23H26N2O3S/c1-17-10-12-20(13-11-17)23-25-21(18(2)28-23)15-29(27)16-22(26)24-14-6-9-19-7-4-3-5-8-19/h3-5,7-8,10-13H,6,9,14-16H2,1-2H3,(H,24,26)/t29-/m0/s1. The number of amides is 1. The van der Waals surface area contributed by atoms with E-state index in [1.54, 1.807) is 6.92 Å². The molecule has 0 aliphatic rings. The Hall–Kier alpha value is -2.73. The molecule has 0 bridgehead atoms. The van der Waals surface area contributed by atoms with E-state index < -0.39 is 10.8 Å². The number of carbonyl (C=O) groups excluding carboxylic acids is 1. The summed E-state index contributed by atoms with van der Waals surface area (Å²) in [6.45, 7) is 4.40. The second-order valence-corrected chi connectivity index (χ2v) is 8.51. The van der Waals surface area contributed by atoms with Crippen molar-refractivity contribution in [2.45, 2.75) is 32.4 Å². The van der Waals surface area contributed by atoms with Gasteiger partial charge in [-0.25, -0.2) is 4.98 Å². The Morgan fingerprint density at radius 2 is 1.79 bits per heavy atom. The molecule has 0 aliphatic heterocycles. The molecular weight excluding hydrogens is 384 g/mol. The molecule has 0 unspecified atom stereocenters. The molecule has 0 saturated carbocycles. The minimum absolute atomic E-state index is 0.0303. The van der Waals surface area contributed by atoms with Crippen LogP contribution in [0, 0.1) is 13.8 Å². The van der Waals surface area contributed by atoms with Gasteiger partial charge in [-0.15, -0.1) is 0 Å². The second kappa shape index (κ2) is 10.2. The molecule has 1 N–H and O–H groups in total. The van der Waals surface area contributed by atoms with Crippen molar-refractivity contribution < 1.29 is 13.4 Å². The first kappa shape index (κ1) is 21.0. The zero-order valence-electron chi connectivity index (χ0n) is 16.8. The summed E-state index contributed by atoms with van der Waals surface area (Å²) in [5.74, 6) is 1.13. The lowest BCUT2D eigenvalue weighted by atomic mass is 10.1. The van der Waals surface area contributed by atoms with Crippen LogP contribution in [-0.4, -0.2) is 27.4 Å². The molecule has 5 nitrogen and oxygen atoms in total. The van der Waals surface area contributed by atoms with Crippen LogP contribution < -0.4 is 5.32 Å². The molecule has 29 heavy (non-hydrogen) atoms. The van der Waals surface area contributed by atoms with Crippen molar-refractivity contribution in [2.24, 2.45) is 0 Å². The second-order valence-electron chi connectivity index (χ2n) is 7.06. The summed E-state index contributed by atoms with van der Waals surface area (Å²) >= 11 is 0. The Kier molecular flexibility index (Phi) is 7.36. The summed E-state index contributed by atoms with van der Waals surface area (Å²) < 4.78 is 18.1. The molecule has 0 saturated heterocycles. The normalized spacial score (nSPS) is 11.9. The topological polar surface area (TPSA) is 72.2 Å². The lowest BCUT2D eigenvalue weighted by Gasteiger charge is -2.05. The zero-order chi connectivity index (χ0) is 20.6. The molecule has 1 atom stereocenters. The van der Waals surface area contributed by atoms with Gasteiger partial charge in [0.2, 0.25) is 11.8 Å². The van der Waals surface area contributed by atoms with Crippen molar-refractivity contribution >= 4 is 16.7 Å². The first-order valence-corrected chi connectivity index (χ1v) is 11.2. The average Bonchev–Trinajstić information content (AvgIpc) is 3.07. The van der Waals surface area contributed by atoms with Gasteiger partial charge in [-0.05, 0) is 44.4 Å². The number of hydrogen-bond donors (Lipinski definition) is 1. The summed E-state index contributed by atoms with van der Waals surface area (Å²) in [7, 11) is -1.33. The molecule has 6 heteroatoms. The number of aryl methyl sites for hydroxylation is 3. The number of benzene rings is 2. The van der Waals surface area contributed by atoms with Crippen molar-refractivity contribution in [2.75, 3.05) is 12.3 Å². The van der Waals surface area contributed by atoms with E-state index in [0.29, 0.717) is 23.9 Å². The van der Waals surface area contributed by atoms with Crippen molar-refractivity contribution in [1.29, 1.82) is 0 Å². The van der Waals surface area contributed by atoms with E-state index in [1.807, 2.05) is 49.4 Å². The van der Waals surface area contributed by atoms with Crippen LogP contribution in [0.25, 0.3) is 11.5 Å². The highest BCUT2D eigenvalue weighted by Crippen LogP contribution is 2.22. The zero-order valence-corrected chi connectivity index (χ0v) is 17.6. The van der Waals surface area contributed by atoms with Crippen LogP contribution in [0.2, 0.25) is 0 Å². The van der Waals surface area contributed by atoms with Gasteiger partial charge in [0.15, 0.2) is 0 Å². The Labute approximate surface area is 174 Å². The van der Waals surface area contributed by atoms with Crippen LogP contribution in [0.1, 0.15) is 29.0 Å². The molecule has 1 amide bonds. The van der Waals surface area contributed by atoms with E-state index in [0.717, 1.165) is 24.0 Å². The third-order valence-corrected chi connectivity index (χ3v) is 5.77. The summed E-state index contributed by atoms with van der Waals surface area (Å²) in [6, 6.07) is 18.0. The van der Waals surface area contributed by atoms with E-state index in [1.165, 1.54) is 5.56 Å². The molecule has 2 aromatic carbocycles. The van der Waals surface area contributed by atoms with E-state index in [4.69, 9.17) is 4.42 Å². The fourth-order valence-electron chi connectivity index (χ4n) is 2.95. The van der Waals surface area contributed by atoms with Crippen molar-refractivity contribution in [1.82, 2.24) is 10.3 Å². The maximum atomic E-state index is 12.4. The summed E-state index contributed by atoms with van der Waals surface area (Å²) in [5, 5.41) is 2.84. The van der Waals surface area contributed by atoms with Crippen molar-refractivity contribution in [3.8, 4) is 11.5 Å². The predicted molar refractivity (Wildman–Crippen MR) is 116 cm³/mol.